The van der Waals surface area contributed by atoms with Gasteiger partial charge in [-0.25, -0.2) is 10.8 Å². The summed E-state index contributed by atoms with van der Waals surface area (Å²) in [7, 11) is 0. The van der Waals surface area contributed by atoms with Crippen LogP contribution in [0, 0.1) is 0 Å². The summed E-state index contributed by atoms with van der Waals surface area (Å²) in [5.74, 6) is 7.24. The Balaban J connectivity index is 1.40. The maximum Gasteiger partial charge on any atom is 0.255 e. The first kappa shape index (κ1) is 28.2. The number of benzene rings is 5. The number of phenols is 1. The van der Waals surface area contributed by atoms with E-state index in [0.717, 1.165) is 22.3 Å². The monoisotopic (exact) mass is 577 g/mol. The highest BCUT2D eigenvalue weighted by Crippen LogP contribution is 2.44. The van der Waals surface area contributed by atoms with E-state index in [4.69, 9.17) is 16.6 Å². The Kier molecular flexibility index (Phi) is 7.78. The number of nitrogens with two attached hydrogens (primary N) is 2. The van der Waals surface area contributed by atoms with Crippen LogP contribution in [0.15, 0.2) is 152 Å². The van der Waals surface area contributed by atoms with Crippen LogP contribution in [0.1, 0.15) is 27.0 Å². The summed E-state index contributed by atoms with van der Waals surface area (Å²) < 4.78 is 0. The maximum absolute atomic E-state index is 13.0. The Morgan fingerprint density at radius 3 is 1.75 bits per heavy atom. The zero-order valence-corrected chi connectivity index (χ0v) is 23.8. The van der Waals surface area contributed by atoms with Gasteiger partial charge in [0.15, 0.2) is 0 Å². The summed E-state index contributed by atoms with van der Waals surface area (Å²) in [6.07, 6.45) is 0. The summed E-state index contributed by atoms with van der Waals surface area (Å²) in [5, 5.41) is 14.1. The van der Waals surface area contributed by atoms with Crippen molar-refractivity contribution in [1.82, 2.24) is 4.98 Å². The molecule has 0 saturated heterocycles. The van der Waals surface area contributed by atoms with Gasteiger partial charge in [-0.1, -0.05) is 103 Å². The first-order valence-corrected chi connectivity index (χ1v) is 14.2. The lowest BCUT2D eigenvalue weighted by Gasteiger charge is -2.44. The van der Waals surface area contributed by atoms with E-state index in [0.29, 0.717) is 22.6 Å². The molecule has 44 heavy (non-hydrogen) atoms. The molecule has 1 heterocycles. The molecule has 0 aliphatic carbocycles. The zero-order valence-electron chi connectivity index (χ0n) is 23.8. The highest BCUT2D eigenvalue weighted by Gasteiger charge is 2.42. The lowest BCUT2D eigenvalue weighted by molar-refractivity contribution is 0.102. The molecule has 0 saturated carbocycles. The molecule has 5 aromatic carbocycles. The van der Waals surface area contributed by atoms with Gasteiger partial charge < -0.3 is 16.2 Å². The summed E-state index contributed by atoms with van der Waals surface area (Å²) in [6, 6.07) is 47.5. The third-order valence-electron chi connectivity index (χ3n) is 7.64. The van der Waals surface area contributed by atoms with E-state index in [9.17, 15) is 9.90 Å². The molecule has 0 aliphatic rings. The van der Waals surface area contributed by atoms with Crippen LogP contribution in [0.2, 0.25) is 0 Å². The van der Waals surface area contributed by atoms with Crippen molar-refractivity contribution in [2.45, 2.75) is 5.54 Å². The number of anilines is 3. The van der Waals surface area contributed by atoms with Gasteiger partial charge in [-0.2, -0.15) is 0 Å². The lowest BCUT2D eigenvalue weighted by Crippen LogP contribution is -2.53. The minimum absolute atomic E-state index is 0.127. The van der Waals surface area contributed by atoms with Gasteiger partial charge in [0.05, 0.1) is 11.4 Å². The van der Waals surface area contributed by atoms with Gasteiger partial charge in [0, 0.05) is 16.8 Å². The van der Waals surface area contributed by atoms with E-state index in [1.807, 2.05) is 72.8 Å². The van der Waals surface area contributed by atoms with Crippen molar-refractivity contribution in [2.24, 2.45) is 5.84 Å². The van der Waals surface area contributed by atoms with Crippen LogP contribution in [0.3, 0.4) is 0 Å². The standard InChI is InChI=1S/C37H31N5O2/c38-35-34(24-23-33(41-35)26-11-10-12-27(25-26)36(44)40-31-19-21-32(43)22-20-31)42(39)37(28-13-4-1-5-14-28,29-15-6-2-7-16-29)30-17-8-3-9-18-30/h1-25,43H,39H2,(H2,38,41)(H,40,44). The Labute approximate surface area is 256 Å². The van der Waals surface area contributed by atoms with Crippen LogP contribution in [-0.2, 0) is 5.54 Å². The van der Waals surface area contributed by atoms with Crippen LogP contribution >= 0.6 is 0 Å². The first-order chi connectivity index (χ1) is 21.5. The largest absolute Gasteiger partial charge is 0.508 e. The van der Waals surface area contributed by atoms with E-state index in [2.05, 4.69) is 41.7 Å². The molecular weight excluding hydrogens is 546 g/mol. The Morgan fingerprint density at radius 1 is 0.682 bits per heavy atom. The number of nitrogen functional groups attached to an aromatic ring is 1. The number of aromatic hydroxyl groups is 1. The van der Waals surface area contributed by atoms with Gasteiger partial charge in [-0.3, -0.25) is 9.80 Å². The third-order valence-corrected chi connectivity index (χ3v) is 7.64. The Morgan fingerprint density at radius 2 is 1.23 bits per heavy atom. The minimum Gasteiger partial charge on any atom is -0.508 e. The van der Waals surface area contributed by atoms with Crippen LogP contribution in [0.4, 0.5) is 17.2 Å². The van der Waals surface area contributed by atoms with E-state index in [1.165, 1.54) is 12.1 Å². The molecule has 7 nitrogen and oxygen atoms in total. The number of nitrogens with zero attached hydrogens (tertiary/aromatic N) is 2. The number of carbonyl (C=O) groups excluding carboxylic acids is 1. The SMILES string of the molecule is Nc1nc(-c2cccc(C(=O)Nc3ccc(O)cc3)c2)ccc1N(N)C(c1ccccc1)(c1ccccc1)c1ccccc1. The number of aromatic nitrogens is 1. The first-order valence-electron chi connectivity index (χ1n) is 14.2. The molecule has 6 aromatic rings. The molecule has 0 atom stereocenters. The van der Waals surface area contributed by atoms with Crippen molar-refractivity contribution < 1.29 is 9.90 Å². The molecule has 0 aliphatic heterocycles. The number of carbonyl (C=O) groups is 1. The number of phenolic OH excluding ortho intramolecular Hbond substituents is 1. The number of hydrogen-bond donors (Lipinski definition) is 4. The van der Waals surface area contributed by atoms with Crippen molar-refractivity contribution in [3.05, 3.63) is 174 Å². The summed E-state index contributed by atoms with van der Waals surface area (Å²) in [6.45, 7) is 0. The topological polar surface area (TPSA) is 117 Å². The van der Waals surface area contributed by atoms with Gasteiger partial charge in [-0.15, -0.1) is 0 Å². The van der Waals surface area contributed by atoms with E-state index >= 15 is 0 Å². The fourth-order valence-corrected chi connectivity index (χ4v) is 5.54. The summed E-state index contributed by atoms with van der Waals surface area (Å²) in [4.78, 5) is 17.7. The number of amides is 1. The third kappa shape index (κ3) is 5.35. The second kappa shape index (κ2) is 12.1. The van der Waals surface area contributed by atoms with Crippen molar-refractivity contribution in [1.29, 1.82) is 0 Å². The number of hydrazine groups is 1. The van der Waals surface area contributed by atoms with Crippen LogP contribution in [0.5, 0.6) is 5.75 Å². The molecule has 0 radical (unpaired) electrons. The molecular formula is C37H31N5O2. The molecule has 1 aromatic heterocycles. The van der Waals surface area contributed by atoms with Crippen LogP contribution < -0.4 is 21.9 Å². The summed E-state index contributed by atoms with van der Waals surface area (Å²) >= 11 is 0. The molecule has 0 bridgehead atoms. The predicted molar refractivity (Wildman–Crippen MR) is 176 cm³/mol. The molecule has 0 fully saturated rings. The van der Waals surface area contributed by atoms with E-state index in [1.54, 1.807) is 35.3 Å². The molecule has 6 N–H and O–H groups in total. The smallest absolute Gasteiger partial charge is 0.255 e. The Bertz CT molecular complexity index is 1780. The zero-order chi connectivity index (χ0) is 30.5. The van der Waals surface area contributed by atoms with Gasteiger partial charge >= 0.3 is 0 Å². The normalized spacial score (nSPS) is 11.1. The van der Waals surface area contributed by atoms with Crippen molar-refractivity contribution in [2.75, 3.05) is 16.1 Å². The van der Waals surface area contributed by atoms with E-state index < -0.39 is 5.54 Å². The second-order valence-corrected chi connectivity index (χ2v) is 10.4. The van der Waals surface area contributed by atoms with Crippen molar-refractivity contribution in [3.8, 4) is 17.0 Å². The van der Waals surface area contributed by atoms with Crippen LogP contribution in [-0.4, -0.2) is 16.0 Å². The fourth-order valence-electron chi connectivity index (χ4n) is 5.54. The molecule has 216 valence electrons. The molecule has 7 heteroatoms. The maximum atomic E-state index is 13.0. The average molecular weight is 578 g/mol. The quantitative estimate of drug-likeness (QED) is 0.0672. The van der Waals surface area contributed by atoms with Gasteiger partial charge in [-0.05, 0) is 65.2 Å². The Hall–Kier alpha value is -5.92. The van der Waals surface area contributed by atoms with Gasteiger partial charge in [0.25, 0.3) is 5.91 Å². The number of hydrogen-bond acceptors (Lipinski definition) is 6. The highest BCUT2D eigenvalue weighted by molar-refractivity contribution is 6.05. The number of rotatable bonds is 8. The minimum atomic E-state index is -0.923. The fraction of sp³-hybridized carbons (Fsp3) is 0.0270. The predicted octanol–water partition coefficient (Wildman–Crippen LogP) is 6.96. The van der Waals surface area contributed by atoms with Crippen molar-refractivity contribution in [3.63, 3.8) is 0 Å². The molecule has 1 amide bonds. The molecule has 0 spiro atoms. The second-order valence-electron chi connectivity index (χ2n) is 10.4. The highest BCUT2D eigenvalue weighted by atomic mass is 16.3. The average Bonchev–Trinajstić information content (AvgIpc) is 3.07. The van der Waals surface area contributed by atoms with Crippen LogP contribution in [0.25, 0.3) is 11.3 Å². The molecule has 0 unspecified atom stereocenters. The number of pyridine rings is 1. The van der Waals surface area contributed by atoms with E-state index in [-0.39, 0.29) is 17.5 Å². The van der Waals surface area contributed by atoms with Gasteiger partial charge in [0.2, 0.25) is 0 Å². The summed E-state index contributed by atoms with van der Waals surface area (Å²) in [5.41, 5.74) is 11.6. The van der Waals surface area contributed by atoms with Crippen molar-refractivity contribution >= 4 is 23.1 Å². The lowest BCUT2D eigenvalue weighted by atomic mass is 9.76. The molecule has 6 rings (SSSR count). The number of nitrogens with one attached hydrogen (secondary N) is 1. The van der Waals surface area contributed by atoms with Gasteiger partial charge in [0.1, 0.15) is 17.1 Å².